The number of alkyl halides is 3. The van der Waals surface area contributed by atoms with Crippen molar-refractivity contribution in [2.45, 2.75) is 38.0 Å². The Kier molecular flexibility index (Phi) is 8.40. The van der Waals surface area contributed by atoms with Gasteiger partial charge in [-0.25, -0.2) is 18.3 Å². The molecule has 39 heavy (non-hydrogen) atoms. The zero-order valence-electron chi connectivity index (χ0n) is 21.2. The van der Waals surface area contributed by atoms with E-state index in [2.05, 4.69) is 15.7 Å². The van der Waals surface area contributed by atoms with Crippen LogP contribution in [0.25, 0.3) is 5.69 Å². The molecule has 2 heterocycles. The number of rotatable bonds is 8. The number of anilines is 1. The zero-order chi connectivity index (χ0) is 28.3. The Hall–Kier alpha value is -3.71. The number of urea groups is 1. The molecular weight excluding hydrogens is 525 g/mol. The maximum absolute atomic E-state index is 14.0. The number of hydrogen-bond acceptors (Lipinski definition) is 5. The number of aliphatic hydroxyl groups excluding tert-OH is 1. The predicted molar refractivity (Wildman–Crippen MR) is 133 cm³/mol. The number of aliphatic hydroxyl groups is 1. The maximum atomic E-state index is 14.0. The van der Waals surface area contributed by atoms with Gasteiger partial charge < -0.3 is 15.2 Å². The average molecular weight is 554 g/mol. The number of benzene rings is 2. The van der Waals surface area contributed by atoms with Gasteiger partial charge in [0.15, 0.2) is 11.6 Å². The van der Waals surface area contributed by atoms with Crippen LogP contribution in [0.3, 0.4) is 0 Å². The molecule has 3 aromatic rings. The van der Waals surface area contributed by atoms with E-state index in [1.807, 2.05) is 6.07 Å². The van der Waals surface area contributed by atoms with Crippen LogP contribution in [0.1, 0.15) is 24.0 Å². The van der Waals surface area contributed by atoms with Crippen molar-refractivity contribution in [3.63, 3.8) is 0 Å². The Labute approximate surface area is 221 Å². The van der Waals surface area contributed by atoms with Crippen molar-refractivity contribution >= 4 is 11.8 Å². The lowest BCUT2D eigenvalue weighted by Gasteiger charge is -2.28. The van der Waals surface area contributed by atoms with Crippen molar-refractivity contribution in [2.24, 2.45) is 0 Å². The summed E-state index contributed by atoms with van der Waals surface area (Å²) in [5.74, 6) is -2.51. The number of amides is 2. The van der Waals surface area contributed by atoms with E-state index in [-0.39, 0.29) is 24.5 Å². The van der Waals surface area contributed by atoms with Gasteiger partial charge in [-0.1, -0.05) is 24.3 Å². The zero-order valence-corrected chi connectivity index (χ0v) is 21.2. The number of ether oxygens (including phenoxy) is 1. The van der Waals surface area contributed by atoms with Crippen molar-refractivity contribution < 1.29 is 36.6 Å². The lowest BCUT2D eigenvalue weighted by molar-refractivity contribution is -0.190. The highest BCUT2D eigenvalue weighted by Gasteiger charge is 2.48. The van der Waals surface area contributed by atoms with Crippen molar-refractivity contribution in [3.05, 3.63) is 71.3 Å². The Morgan fingerprint density at radius 1 is 1.15 bits per heavy atom. The summed E-state index contributed by atoms with van der Waals surface area (Å²) in [6.45, 7) is 2.08. The van der Waals surface area contributed by atoms with Gasteiger partial charge in [-0.3, -0.25) is 10.2 Å². The fourth-order valence-electron chi connectivity index (χ4n) is 4.71. The first-order valence-corrected chi connectivity index (χ1v) is 12.2. The molecule has 0 aliphatic carbocycles. The average Bonchev–Trinajstić information content (AvgIpc) is 3.42. The smallest absolute Gasteiger partial charge is 0.406 e. The van der Waals surface area contributed by atoms with E-state index in [9.17, 15) is 31.9 Å². The van der Waals surface area contributed by atoms with E-state index in [1.165, 1.54) is 10.7 Å². The summed E-state index contributed by atoms with van der Waals surface area (Å²) in [4.78, 5) is 14.2. The molecule has 3 atom stereocenters. The number of likely N-dealkylation sites (tertiary alicyclic amines) is 1. The summed E-state index contributed by atoms with van der Waals surface area (Å²) >= 11 is 0. The number of carbonyl (C=O) groups is 1. The monoisotopic (exact) mass is 553 g/mol. The minimum atomic E-state index is -4.74. The molecule has 210 valence electrons. The molecule has 2 amide bonds. The van der Waals surface area contributed by atoms with E-state index >= 15 is 0 Å². The molecule has 1 aliphatic heterocycles. The van der Waals surface area contributed by atoms with Crippen molar-refractivity contribution in [1.82, 2.24) is 20.0 Å². The molecule has 1 aliphatic rings. The Morgan fingerprint density at radius 2 is 1.87 bits per heavy atom. The molecule has 8 nitrogen and oxygen atoms in total. The van der Waals surface area contributed by atoms with E-state index in [1.54, 1.807) is 38.1 Å². The SMILES string of the molecule is CCOc1nn(-c2ccccc2)c(NC(=O)N[C@@H]2CN(C(CO)C(F)(F)F)C[C@H]2c2ccc(F)c(F)c2)c1C. The van der Waals surface area contributed by atoms with E-state index in [0.29, 0.717) is 23.7 Å². The quantitative estimate of drug-likeness (QED) is 0.361. The van der Waals surface area contributed by atoms with Gasteiger partial charge in [0.25, 0.3) is 0 Å². The van der Waals surface area contributed by atoms with Gasteiger partial charge >= 0.3 is 12.2 Å². The maximum Gasteiger partial charge on any atom is 0.406 e. The van der Waals surface area contributed by atoms with Gasteiger partial charge in [-0.15, -0.1) is 5.10 Å². The molecule has 0 spiro atoms. The van der Waals surface area contributed by atoms with Crippen LogP contribution in [0.5, 0.6) is 5.88 Å². The van der Waals surface area contributed by atoms with Crippen molar-refractivity contribution in [1.29, 1.82) is 0 Å². The molecule has 1 saturated heterocycles. The molecule has 1 unspecified atom stereocenters. The van der Waals surface area contributed by atoms with Gasteiger partial charge in [0.2, 0.25) is 5.88 Å². The number of nitrogens with one attached hydrogen (secondary N) is 2. The molecule has 1 aromatic heterocycles. The number of para-hydroxylation sites is 1. The second kappa shape index (κ2) is 11.6. The largest absolute Gasteiger partial charge is 0.477 e. The van der Waals surface area contributed by atoms with Crippen LogP contribution < -0.4 is 15.4 Å². The summed E-state index contributed by atoms with van der Waals surface area (Å²) < 4.78 is 75.3. The first-order valence-electron chi connectivity index (χ1n) is 12.2. The number of carbonyl (C=O) groups excluding carboxylic acids is 1. The second-order valence-corrected chi connectivity index (χ2v) is 9.14. The van der Waals surface area contributed by atoms with Crippen LogP contribution in [-0.2, 0) is 0 Å². The highest BCUT2D eigenvalue weighted by atomic mass is 19.4. The third kappa shape index (κ3) is 6.14. The number of hydrogen-bond donors (Lipinski definition) is 3. The molecular formula is C26H28F5N5O3. The predicted octanol–water partition coefficient (Wildman–Crippen LogP) is 4.37. The molecule has 4 rings (SSSR count). The molecule has 0 bridgehead atoms. The van der Waals surface area contributed by atoms with Crippen LogP contribution in [0.4, 0.5) is 32.6 Å². The lowest BCUT2D eigenvalue weighted by atomic mass is 9.94. The summed E-state index contributed by atoms with van der Waals surface area (Å²) in [7, 11) is 0. The van der Waals surface area contributed by atoms with E-state index in [0.717, 1.165) is 17.0 Å². The van der Waals surface area contributed by atoms with Crippen molar-refractivity contribution in [3.8, 4) is 11.6 Å². The first kappa shape index (κ1) is 28.3. The van der Waals surface area contributed by atoms with Crippen LogP contribution in [-0.4, -0.2) is 70.4 Å². The topological polar surface area (TPSA) is 91.6 Å². The molecule has 0 saturated carbocycles. The molecule has 2 aromatic carbocycles. The second-order valence-electron chi connectivity index (χ2n) is 9.14. The Balaban J connectivity index is 1.62. The van der Waals surface area contributed by atoms with Crippen LogP contribution >= 0.6 is 0 Å². The number of halogens is 5. The number of nitrogens with zero attached hydrogens (tertiary/aromatic N) is 3. The van der Waals surface area contributed by atoms with Crippen molar-refractivity contribution in [2.75, 3.05) is 31.6 Å². The highest BCUT2D eigenvalue weighted by molar-refractivity contribution is 5.90. The third-order valence-electron chi connectivity index (χ3n) is 6.62. The molecule has 13 heteroatoms. The first-order chi connectivity index (χ1) is 18.5. The third-order valence-corrected chi connectivity index (χ3v) is 6.62. The minimum Gasteiger partial charge on any atom is -0.477 e. The fraction of sp³-hybridized carbons (Fsp3) is 0.385. The fourth-order valence-corrected chi connectivity index (χ4v) is 4.71. The van der Waals surface area contributed by atoms with Gasteiger partial charge in [0, 0.05) is 19.0 Å². The van der Waals surface area contributed by atoms with E-state index in [4.69, 9.17) is 4.74 Å². The van der Waals surface area contributed by atoms with Gasteiger partial charge in [-0.2, -0.15) is 13.2 Å². The normalized spacial score (nSPS) is 18.7. The van der Waals surface area contributed by atoms with Gasteiger partial charge in [0.1, 0.15) is 11.9 Å². The van der Waals surface area contributed by atoms with Crippen LogP contribution in [0.15, 0.2) is 48.5 Å². The summed E-state index contributed by atoms with van der Waals surface area (Å²) in [5, 5.41) is 19.3. The van der Waals surface area contributed by atoms with Gasteiger partial charge in [-0.05, 0) is 43.7 Å². The minimum absolute atomic E-state index is 0.213. The highest BCUT2D eigenvalue weighted by Crippen LogP contribution is 2.35. The van der Waals surface area contributed by atoms with Gasteiger partial charge in [0.05, 0.1) is 30.5 Å². The number of aromatic nitrogens is 2. The Bertz CT molecular complexity index is 1300. The molecule has 1 fully saturated rings. The Morgan fingerprint density at radius 3 is 2.49 bits per heavy atom. The van der Waals surface area contributed by atoms with Crippen LogP contribution in [0.2, 0.25) is 0 Å². The van der Waals surface area contributed by atoms with Crippen LogP contribution in [0, 0.1) is 18.6 Å². The summed E-state index contributed by atoms with van der Waals surface area (Å²) in [6.07, 6.45) is -4.74. The summed E-state index contributed by atoms with van der Waals surface area (Å²) in [6, 6.07) is 8.12. The standard InChI is InChI=1S/C26H28F5N5O3/c1-3-39-24-15(2)23(36(34-24)17-7-5-4-6-8-17)33-25(38)32-21-13-35(22(14-37)26(29,30)31)12-18(21)16-9-10-19(27)20(28)11-16/h4-11,18,21-22,37H,3,12-14H2,1-2H3,(H2,32,33,38)/t18-,21+,22?/m0/s1. The lowest BCUT2D eigenvalue weighted by Crippen LogP contribution is -2.49. The van der Waals surface area contributed by atoms with E-state index < -0.39 is 48.5 Å². The molecule has 0 radical (unpaired) electrons. The molecule has 3 N–H and O–H groups in total. The summed E-state index contributed by atoms with van der Waals surface area (Å²) in [5.41, 5.74) is 1.37.